The highest BCUT2D eigenvalue weighted by molar-refractivity contribution is 7.17. The molecule has 3 nitrogen and oxygen atoms in total. The van der Waals surface area contributed by atoms with Gasteiger partial charge < -0.3 is 4.90 Å². The normalized spacial score (nSPS) is 10.7. The number of aromatic nitrogens is 1. The molecule has 0 N–H and O–H groups in total. The van der Waals surface area contributed by atoms with Gasteiger partial charge in [0.05, 0.1) is 0 Å². The Morgan fingerprint density at radius 1 is 1.60 bits per heavy atom. The van der Waals surface area contributed by atoms with Gasteiger partial charge in [0.25, 0.3) is 0 Å². The molecule has 0 saturated heterocycles. The quantitative estimate of drug-likeness (QED) is 0.749. The SMILES string of the molecule is CCN(CC(C)C)c1nc(Cl)c(C=O)s1. The summed E-state index contributed by atoms with van der Waals surface area (Å²) in [6, 6.07) is 0. The lowest BCUT2D eigenvalue weighted by atomic mass is 10.2. The smallest absolute Gasteiger partial charge is 0.187 e. The number of rotatable bonds is 5. The van der Waals surface area contributed by atoms with Gasteiger partial charge >= 0.3 is 0 Å². The van der Waals surface area contributed by atoms with E-state index in [1.165, 1.54) is 11.3 Å². The Morgan fingerprint density at radius 2 is 2.27 bits per heavy atom. The molecule has 0 unspecified atom stereocenters. The zero-order valence-corrected chi connectivity index (χ0v) is 10.7. The largest absolute Gasteiger partial charge is 0.348 e. The van der Waals surface area contributed by atoms with Crippen LogP contribution in [0.15, 0.2) is 0 Å². The molecule has 0 bridgehead atoms. The van der Waals surface area contributed by atoms with E-state index in [9.17, 15) is 4.79 Å². The minimum absolute atomic E-state index is 0.312. The van der Waals surface area contributed by atoms with E-state index < -0.39 is 0 Å². The Hall–Kier alpha value is -0.610. The molecule has 1 heterocycles. The van der Waals surface area contributed by atoms with Gasteiger partial charge in [-0.25, -0.2) is 4.98 Å². The second kappa shape index (κ2) is 5.47. The number of carbonyl (C=O) groups is 1. The van der Waals surface area contributed by atoms with Gasteiger partial charge in [-0.2, -0.15) is 0 Å². The summed E-state index contributed by atoms with van der Waals surface area (Å²) >= 11 is 7.17. The van der Waals surface area contributed by atoms with Crippen LogP contribution in [0.5, 0.6) is 0 Å². The Morgan fingerprint density at radius 3 is 2.67 bits per heavy atom. The minimum atomic E-state index is 0.312. The van der Waals surface area contributed by atoms with Gasteiger partial charge in [-0.15, -0.1) is 0 Å². The molecule has 1 aromatic heterocycles. The van der Waals surface area contributed by atoms with E-state index in [1.54, 1.807) is 0 Å². The maximum atomic E-state index is 10.6. The van der Waals surface area contributed by atoms with E-state index in [-0.39, 0.29) is 0 Å². The number of hydrogen-bond acceptors (Lipinski definition) is 4. The molecule has 0 radical (unpaired) electrons. The topological polar surface area (TPSA) is 33.2 Å². The van der Waals surface area contributed by atoms with Crippen molar-refractivity contribution in [3.63, 3.8) is 0 Å². The van der Waals surface area contributed by atoms with Gasteiger partial charge in [-0.05, 0) is 12.8 Å². The lowest BCUT2D eigenvalue weighted by molar-refractivity contribution is 0.112. The highest BCUT2D eigenvalue weighted by Crippen LogP contribution is 2.28. The predicted molar refractivity (Wildman–Crippen MR) is 65.2 cm³/mol. The Bertz CT molecular complexity index is 338. The lowest BCUT2D eigenvalue weighted by Crippen LogP contribution is -2.26. The Labute approximate surface area is 99.1 Å². The molecule has 0 aliphatic rings. The summed E-state index contributed by atoms with van der Waals surface area (Å²) in [4.78, 5) is 17.5. The molecule has 0 spiro atoms. The van der Waals surface area contributed by atoms with Gasteiger partial charge in [-0.3, -0.25) is 4.79 Å². The predicted octanol–water partition coefficient (Wildman–Crippen LogP) is 3.09. The van der Waals surface area contributed by atoms with Crippen molar-refractivity contribution < 1.29 is 4.79 Å². The van der Waals surface area contributed by atoms with Crippen LogP contribution in [-0.4, -0.2) is 24.4 Å². The van der Waals surface area contributed by atoms with Crippen LogP contribution in [0.4, 0.5) is 5.13 Å². The third kappa shape index (κ3) is 3.18. The molecule has 0 amide bonds. The Kier molecular flexibility index (Phi) is 4.54. The minimum Gasteiger partial charge on any atom is -0.348 e. The molecule has 0 fully saturated rings. The molecular weight excluding hydrogens is 232 g/mol. The number of carbonyl (C=O) groups excluding carboxylic acids is 1. The van der Waals surface area contributed by atoms with E-state index in [2.05, 4.69) is 30.7 Å². The molecule has 5 heteroatoms. The standard InChI is InChI=1S/C10H15ClN2OS/c1-4-13(5-7(2)3)10-12-9(11)8(6-14)15-10/h6-7H,4-5H2,1-3H3. The monoisotopic (exact) mass is 246 g/mol. The van der Waals surface area contributed by atoms with Crippen LogP contribution in [0, 0.1) is 5.92 Å². The number of nitrogens with zero attached hydrogens (tertiary/aromatic N) is 2. The molecule has 15 heavy (non-hydrogen) atoms. The molecule has 1 aromatic rings. The van der Waals surface area contributed by atoms with Crippen LogP contribution >= 0.6 is 22.9 Å². The van der Waals surface area contributed by atoms with Crippen molar-refractivity contribution >= 4 is 34.4 Å². The summed E-state index contributed by atoms with van der Waals surface area (Å²) < 4.78 is 0. The fraction of sp³-hybridized carbons (Fsp3) is 0.600. The van der Waals surface area contributed by atoms with Gasteiger partial charge in [0.2, 0.25) is 0 Å². The van der Waals surface area contributed by atoms with E-state index in [0.29, 0.717) is 15.9 Å². The highest BCUT2D eigenvalue weighted by atomic mass is 35.5. The third-order valence-electron chi connectivity index (χ3n) is 1.94. The van der Waals surface area contributed by atoms with Crippen LogP contribution in [0.3, 0.4) is 0 Å². The molecule has 84 valence electrons. The summed E-state index contributed by atoms with van der Waals surface area (Å²) in [6.07, 6.45) is 0.757. The molecule has 1 rings (SSSR count). The first-order valence-corrected chi connectivity index (χ1v) is 6.14. The summed E-state index contributed by atoms with van der Waals surface area (Å²) in [5.41, 5.74) is 0. The molecule has 0 saturated carbocycles. The number of halogens is 1. The Balaban J connectivity index is 2.87. The first kappa shape index (κ1) is 12.5. The number of anilines is 1. The zero-order chi connectivity index (χ0) is 11.4. The van der Waals surface area contributed by atoms with E-state index in [4.69, 9.17) is 11.6 Å². The fourth-order valence-electron chi connectivity index (χ4n) is 1.29. The zero-order valence-electron chi connectivity index (χ0n) is 9.16. The van der Waals surface area contributed by atoms with Gasteiger partial charge in [0.1, 0.15) is 4.88 Å². The maximum Gasteiger partial charge on any atom is 0.187 e. The molecule has 0 aliphatic heterocycles. The van der Waals surface area contributed by atoms with Crippen molar-refractivity contribution in [2.75, 3.05) is 18.0 Å². The summed E-state index contributed by atoms with van der Waals surface area (Å²) in [6.45, 7) is 8.17. The van der Waals surface area contributed by atoms with Gasteiger partial charge in [-0.1, -0.05) is 36.8 Å². The van der Waals surface area contributed by atoms with Crippen molar-refractivity contribution in [2.45, 2.75) is 20.8 Å². The highest BCUT2D eigenvalue weighted by Gasteiger charge is 2.14. The van der Waals surface area contributed by atoms with Crippen molar-refractivity contribution in [3.8, 4) is 0 Å². The number of hydrogen-bond donors (Lipinski definition) is 0. The summed E-state index contributed by atoms with van der Waals surface area (Å²) in [5, 5.41) is 1.14. The second-order valence-corrected chi connectivity index (χ2v) is 5.07. The second-order valence-electron chi connectivity index (χ2n) is 3.70. The van der Waals surface area contributed by atoms with E-state index >= 15 is 0 Å². The summed E-state index contributed by atoms with van der Waals surface area (Å²) in [7, 11) is 0. The molecule has 0 atom stereocenters. The van der Waals surface area contributed by atoms with Crippen LogP contribution in [0.25, 0.3) is 0 Å². The van der Waals surface area contributed by atoms with Gasteiger partial charge in [0, 0.05) is 13.1 Å². The van der Waals surface area contributed by atoms with Crippen LogP contribution in [-0.2, 0) is 0 Å². The number of thiazole rings is 1. The van der Waals surface area contributed by atoms with Crippen LogP contribution in [0.2, 0.25) is 5.15 Å². The average molecular weight is 247 g/mol. The van der Waals surface area contributed by atoms with Crippen molar-refractivity contribution in [1.29, 1.82) is 0 Å². The summed E-state index contributed by atoms with van der Waals surface area (Å²) in [5.74, 6) is 0.562. The third-order valence-corrected chi connectivity index (χ3v) is 3.38. The van der Waals surface area contributed by atoms with Crippen molar-refractivity contribution in [2.24, 2.45) is 5.92 Å². The van der Waals surface area contributed by atoms with Crippen LogP contribution in [0.1, 0.15) is 30.4 Å². The van der Waals surface area contributed by atoms with Crippen LogP contribution < -0.4 is 4.90 Å². The average Bonchev–Trinajstić information content (AvgIpc) is 2.55. The number of aldehydes is 1. The van der Waals surface area contributed by atoms with Gasteiger partial charge in [0.15, 0.2) is 16.6 Å². The lowest BCUT2D eigenvalue weighted by Gasteiger charge is -2.21. The molecule has 0 aliphatic carbocycles. The molecular formula is C10H15ClN2OS. The van der Waals surface area contributed by atoms with Crippen molar-refractivity contribution in [1.82, 2.24) is 4.98 Å². The van der Waals surface area contributed by atoms with Crippen molar-refractivity contribution in [3.05, 3.63) is 10.0 Å². The first-order valence-electron chi connectivity index (χ1n) is 4.94. The maximum absolute atomic E-state index is 10.6. The van der Waals surface area contributed by atoms with E-state index in [1.807, 2.05) is 0 Å². The van der Waals surface area contributed by atoms with E-state index in [0.717, 1.165) is 24.5 Å². The first-order chi connectivity index (χ1) is 7.08. The fourth-order valence-corrected chi connectivity index (χ4v) is 2.43. The molecule has 0 aromatic carbocycles.